The first-order valence-corrected chi connectivity index (χ1v) is 7.72. The van der Waals surface area contributed by atoms with E-state index >= 15 is 0 Å². The molecule has 106 valence electrons. The number of thioether (sulfide) groups is 1. The van der Waals surface area contributed by atoms with Crippen LogP contribution in [0.4, 0.5) is 0 Å². The Kier molecular flexibility index (Phi) is 3.77. The van der Waals surface area contributed by atoms with Gasteiger partial charge in [0, 0.05) is 30.9 Å². The molecule has 1 atom stereocenters. The zero-order valence-electron chi connectivity index (χ0n) is 11.3. The lowest BCUT2D eigenvalue weighted by Crippen LogP contribution is -2.32. The van der Waals surface area contributed by atoms with E-state index in [0.29, 0.717) is 13.0 Å². The van der Waals surface area contributed by atoms with Crippen LogP contribution in [0.5, 0.6) is 0 Å². The van der Waals surface area contributed by atoms with E-state index in [9.17, 15) is 4.79 Å². The zero-order valence-corrected chi connectivity index (χ0v) is 12.1. The van der Waals surface area contributed by atoms with Gasteiger partial charge in [0.05, 0.1) is 12.2 Å². The maximum Gasteiger partial charge on any atom is 0.245 e. The molecule has 20 heavy (non-hydrogen) atoms. The van der Waals surface area contributed by atoms with Gasteiger partial charge in [-0.3, -0.25) is 9.48 Å². The third-order valence-electron chi connectivity index (χ3n) is 3.33. The third-order valence-corrected chi connectivity index (χ3v) is 4.30. The molecule has 2 aromatic heterocycles. The number of carbonyl (C=O) groups is 1. The number of nitrogens with zero attached hydrogens (tertiary/aromatic N) is 4. The predicted molar refractivity (Wildman–Crippen MR) is 76.4 cm³/mol. The van der Waals surface area contributed by atoms with Crippen LogP contribution in [-0.2, 0) is 17.9 Å². The molecule has 7 heteroatoms. The molecule has 0 radical (unpaired) electrons. The van der Waals surface area contributed by atoms with E-state index in [2.05, 4.69) is 20.0 Å². The molecule has 0 fully saturated rings. The van der Waals surface area contributed by atoms with E-state index < -0.39 is 0 Å². The number of carbonyl (C=O) groups excluding carboxylic acids is 1. The Balaban J connectivity index is 1.60. The van der Waals surface area contributed by atoms with E-state index in [1.165, 1.54) is 0 Å². The summed E-state index contributed by atoms with van der Waals surface area (Å²) in [5.41, 5.74) is 0.913. The molecule has 1 amide bonds. The number of nitrogens with one attached hydrogen (secondary N) is 1. The van der Waals surface area contributed by atoms with Crippen molar-refractivity contribution in [1.29, 1.82) is 0 Å². The van der Waals surface area contributed by atoms with Gasteiger partial charge in [0.25, 0.3) is 0 Å². The third kappa shape index (κ3) is 2.58. The van der Waals surface area contributed by atoms with E-state index in [1.807, 2.05) is 25.4 Å². The molecule has 1 N–H and O–H groups in total. The summed E-state index contributed by atoms with van der Waals surface area (Å²) in [5.74, 6) is 1.07. The molecule has 6 nitrogen and oxygen atoms in total. The molecular weight excluding hydrogens is 274 g/mol. The highest BCUT2D eigenvalue weighted by molar-refractivity contribution is 7.99. The Morgan fingerprint density at radius 1 is 1.60 bits per heavy atom. The Labute approximate surface area is 121 Å². The van der Waals surface area contributed by atoms with E-state index in [-0.39, 0.29) is 11.9 Å². The minimum absolute atomic E-state index is 0.0167. The lowest BCUT2D eigenvalue weighted by molar-refractivity contribution is -0.124. The molecule has 1 aliphatic heterocycles. The van der Waals surface area contributed by atoms with E-state index in [0.717, 1.165) is 23.1 Å². The lowest BCUT2D eigenvalue weighted by Gasteiger charge is -2.14. The fourth-order valence-electron chi connectivity index (χ4n) is 2.30. The second-order valence-corrected chi connectivity index (χ2v) is 5.75. The second kappa shape index (κ2) is 5.70. The highest BCUT2D eigenvalue weighted by Crippen LogP contribution is 2.24. The molecule has 0 aliphatic carbocycles. The average molecular weight is 291 g/mol. The predicted octanol–water partition coefficient (Wildman–Crippen LogP) is 1.45. The molecule has 0 saturated heterocycles. The maximum absolute atomic E-state index is 12.2. The minimum Gasteiger partial charge on any atom is -0.349 e. The van der Waals surface area contributed by atoms with Crippen molar-refractivity contribution in [3.8, 4) is 0 Å². The monoisotopic (exact) mass is 291 g/mol. The van der Waals surface area contributed by atoms with Crippen molar-refractivity contribution in [2.75, 3.05) is 5.75 Å². The van der Waals surface area contributed by atoms with Crippen molar-refractivity contribution in [2.45, 2.75) is 37.6 Å². The van der Waals surface area contributed by atoms with Crippen molar-refractivity contribution < 1.29 is 4.79 Å². The maximum atomic E-state index is 12.2. The minimum atomic E-state index is -0.256. The van der Waals surface area contributed by atoms with Gasteiger partial charge < -0.3 is 9.88 Å². The standard InChI is InChI=1S/C13H17N5OS/c1-2-11(18-5-3-4-15-18)12(19)14-8-10-9-17-6-7-20-13(17)16-10/h3-5,9,11H,2,6-8H2,1H3,(H,14,19)/t11-/m1/s1. The van der Waals surface area contributed by atoms with Crippen LogP contribution in [0, 0.1) is 0 Å². The van der Waals surface area contributed by atoms with Crippen LogP contribution in [-0.4, -0.2) is 31.0 Å². The van der Waals surface area contributed by atoms with Crippen LogP contribution in [0.25, 0.3) is 0 Å². The quantitative estimate of drug-likeness (QED) is 0.905. The SMILES string of the molecule is CC[C@H](C(=O)NCc1cn2c(n1)SCC2)n1cccn1. The van der Waals surface area contributed by atoms with Gasteiger partial charge in [-0.15, -0.1) is 0 Å². The summed E-state index contributed by atoms with van der Waals surface area (Å²) >= 11 is 1.76. The van der Waals surface area contributed by atoms with Crippen molar-refractivity contribution in [3.63, 3.8) is 0 Å². The van der Waals surface area contributed by atoms with E-state index in [1.54, 1.807) is 22.6 Å². The number of aryl methyl sites for hydroxylation is 1. The van der Waals surface area contributed by atoms with Crippen LogP contribution >= 0.6 is 11.8 Å². The first kappa shape index (κ1) is 13.2. The number of fused-ring (bicyclic) bond motifs is 1. The van der Waals surface area contributed by atoms with Crippen LogP contribution in [0.3, 0.4) is 0 Å². The molecular formula is C13H17N5OS. The zero-order chi connectivity index (χ0) is 13.9. The Hall–Kier alpha value is -1.76. The number of hydrogen-bond acceptors (Lipinski definition) is 4. The molecule has 1 aliphatic rings. The van der Waals surface area contributed by atoms with Crippen LogP contribution in [0.15, 0.2) is 29.8 Å². The molecule has 0 spiro atoms. The Bertz CT molecular complexity index is 570. The summed E-state index contributed by atoms with van der Waals surface area (Å²) in [5, 5.41) is 8.13. The molecule has 0 saturated carbocycles. The smallest absolute Gasteiger partial charge is 0.245 e. The summed E-state index contributed by atoms with van der Waals surface area (Å²) in [6, 6.07) is 1.57. The summed E-state index contributed by atoms with van der Waals surface area (Å²) in [4.78, 5) is 16.7. The topological polar surface area (TPSA) is 64.7 Å². The molecule has 3 heterocycles. The van der Waals surface area contributed by atoms with Crippen LogP contribution in [0.1, 0.15) is 25.1 Å². The fraction of sp³-hybridized carbons (Fsp3) is 0.462. The van der Waals surface area contributed by atoms with Gasteiger partial charge in [0.2, 0.25) is 5.91 Å². The van der Waals surface area contributed by atoms with Crippen molar-refractivity contribution >= 4 is 17.7 Å². The highest BCUT2D eigenvalue weighted by atomic mass is 32.2. The lowest BCUT2D eigenvalue weighted by atomic mass is 10.2. The Morgan fingerprint density at radius 3 is 3.20 bits per heavy atom. The average Bonchev–Trinajstić information content (AvgIpc) is 3.13. The number of aromatic nitrogens is 4. The van der Waals surface area contributed by atoms with Gasteiger partial charge in [-0.1, -0.05) is 18.7 Å². The first-order valence-electron chi connectivity index (χ1n) is 6.73. The highest BCUT2D eigenvalue weighted by Gasteiger charge is 2.19. The van der Waals surface area contributed by atoms with Crippen LogP contribution < -0.4 is 5.32 Å². The van der Waals surface area contributed by atoms with Crippen LogP contribution in [0.2, 0.25) is 0 Å². The van der Waals surface area contributed by atoms with Crippen molar-refractivity contribution in [2.24, 2.45) is 0 Å². The Morgan fingerprint density at radius 2 is 2.50 bits per heavy atom. The van der Waals surface area contributed by atoms with Gasteiger partial charge in [-0.05, 0) is 12.5 Å². The number of hydrogen-bond donors (Lipinski definition) is 1. The van der Waals surface area contributed by atoms with E-state index in [4.69, 9.17) is 0 Å². The number of rotatable bonds is 5. The van der Waals surface area contributed by atoms with Gasteiger partial charge in [-0.2, -0.15) is 5.10 Å². The second-order valence-electron chi connectivity index (χ2n) is 4.68. The summed E-state index contributed by atoms with van der Waals surface area (Å²) in [6.07, 6.45) is 6.23. The van der Waals surface area contributed by atoms with Gasteiger partial charge in [0.15, 0.2) is 5.16 Å². The largest absolute Gasteiger partial charge is 0.349 e. The van der Waals surface area contributed by atoms with Gasteiger partial charge in [0.1, 0.15) is 6.04 Å². The summed E-state index contributed by atoms with van der Waals surface area (Å²) in [7, 11) is 0. The molecule has 3 rings (SSSR count). The summed E-state index contributed by atoms with van der Waals surface area (Å²) in [6.45, 7) is 3.46. The normalized spacial score (nSPS) is 15.1. The van der Waals surface area contributed by atoms with Gasteiger partial charge >= 0.3 is 0 Å². The molecule has 0 bridgehead atoms. The van der Waals surface area contributed by atoms with Crippen molar-refractivity contribution in [3.05, 3.63) is 30.4 Å². The first-order chi connectivity index (χ1) is 9.78. The van der Waals surface area contributed by atoms with Gasteiger partial charge in [-0.25, -0.2) is 4.98 Å². The number of imidazole rings is 1. The molecule has 0 unspecified atom stereocenters. The summed E-state index contributed by atoms with van der Waals surface area (Å²) < 4.78 is 3.83. The molecule has 2 aromatic rings. The number of amides is 1. The van der Waals surface area contributed by atoms with Crippen molar-refractivity contribution in [1.82, 2.24) is 24.6 Å². The fourth-order valence-corrected chi connectivity index (χ4v) is 3.26. The molecule has 0 aromatic carbocycles.